The minimum Gasteiger partial charge on any atom is -0.345 e. The summed E-state index contributed by atoms with van der Waals surface area (Å²) in [5.41, 5.74) is 2.07. The summed E-state index contributed by atoms with van der Waals surface area (Å²) in [6.45, 7) is 0.769. The van der Waals surface area contributed by atoms with Gasteiger partial charge in [0.1, 0.15) is 11.6 Å². The summed E-state index contributed by atoms with van der Waals surface area (Å²) in [4.78, 5) is 21.3. The van der Waals surface area contributed by atoms with Crippen molar-refractivity contribution in [2.45, 2.75) is 6.18 Å². The molecule has 0 saturated carbocycles. The van der Waals surface area contributed by atoms with Crippen molar-refractivity contribution in [1.29, 1.82) is 0 Å². The van der Waals surface area contributed by atoms with E-state index in [2.05, 4.69) is 15.4 Å². The molecule has 0 aromatic carbocycles. The smallest absolute Gasteiger partial charge is 0.345 e. The van der Waals surface area contributed by atoms with Crippen LogP contribution in [0.25, 0.3) is 0 Å². The second kappa shape index (κ2) is 5.12. The zero-order valence-corrected chi connectivity index (χ0v) is 10.6. The molecule has 0 atom stereocenters. The Bertz CT molecular complexity index is 520. The molecule has 1 amide bonds. The molecule has 0 spiro atoms. The lowest BCUT2D eigenvalue weighted by molar-refractivity contribution is -0.144. The van der Waals surface area contributed by atoms with Crippen LogP contribution in [-0.2, 0) is 11.0 Å². The number of hydrazine groups is 1. The van der Waals surface area contributed by atoms with Crippen LogP contribution >= 0.6 is 0 Å². The number of nitrogens with one attached hydrogen (secondary N) is 1. The Labute approximate surface area is 112 Å². The summed E-state index contributed by atoms with van der Waals surface area (Å²) in [5, 5.41) is 0. The molecule has 1 aromatic heterocycles. The van der Waals surface area contributed by atoms with Crippen molar-refractivity contribution in [1.82, 2.24) is 14.9 Å². The Balaban J connectivity index is 2.34. The number of hydrogen-bond donors (Lipinski definition) is 2. The number of hydrogen-bond acceptors (Lipinski definition) is 6. The predicted octanol–water partition coefficient (Wildman–Crippen LogP) is 0.0594. The summed E-state index contributed by atoms with van der Waals surface area (Å²) >= 11 is 0. The Morgan fingerprint density at radius 1 is 1.35 bits per heavy atom. The Morgan fingerprint density at radius 3 is 2.60 bits per heavy atom. The maximum absolute atomic E-state index is 12.7. The number of nitrogen functional groups attached to an aromatic ring is 1. The van der Waals surface area contributed by atoms with Gasteiger partial charge < -0.3 is 15.2 Å². The molecule has 3 N–H and O–H groups in total. The highest BCUT2D eigenvalue weighted by Crippen LogP contribution is 2.29. The summed E-state index contributed by atoms with van der Waals surface area (Å²) in [6, 6.07) is 1.27. The van der Waals surface area contributed by atoms with Gasteiger partial charge in [0.05, 0.1) is 6.54 Å². The van der Waals surface area contributed by atoms with Crippen LogP contribution in [0.2, 0.25) is 0 Å². The fourth-order valence-electron chi connectivity index (χ4n) is 1.75. The van der Waals surface area contributed by atoms with Crippen molar-refractivity contribution in [2.24, 2.45) is 5.84 Å². The highest BCUT2D eigenvalue weighted by molar-refractivity contribution is 5.82. The van der Waals surface area contributed by atoms with Gasteiger partial charge in [0.2, 0.25) is 11.7 Å². The monoisotopic (exact) mass is 290 g/mol. The van der Waals surface area contributed by atoms with E-state index < -0.39 is 12.0 Å². The third kappa shape index (κ3) is 2.90. The Morgan fingerprint density at radius 2 is 2.05 bits per heavy atom. The van der Waals surface area contributed by atoms with Crippen molar-refractivity contribution in [2.75, 3.05) is 37.0 Å². The number of carbonyl (C=O) groups is 1. The number of likely N-dealkylation sites (N-methyl/N-ethyl adjacent to an activating group) is 1. The van der Waals surface area contributed by atoms with Crippen LogP contribution in [0, 0.1) is 0 Å². The molecule has 1 saturated heterocycles. The van der Waals surface area contributed by atoms with Crippen LogP contribution in [-0.4, -0.2) is 47.5 Å². The molecule has 0 radical (unpaired) electrons. The van der Waals surface area contributed by atoms with Gasteiger partial charge in [0.25, 0.3) is 0 Å². The third-order valence-corrected chi connectivity index (χ3v) is 2.90. The minimum atomic E-state index is -4.68. The zero-order valence-electron chi connectivity index (χ0n) is 10.6. The number of amides is 1. The van der Waals surface area contributed by atoms with E-state index >= 15 is 0 Å². The largest absolute Gasteiger partial charge is 0.451 e. The number of rotatable bonds is 2. The van der Waals surface area contributed by atoms with Gasteiger partial charge in [-0.05, 0) is 0 Å². The van der Waals surface area contributed by atoms with Crippen LogP contribution in [0.3, 0.4) is 0 Å². The van der Waals surface area contributed by atoms with E-state index in [-0.39, 0.29) is 24.1 Å². The maximum Gasteiger partial charge on any atom is 0.451 e. The van der Waals surface area contributed by atoms with Gasteiger partial charge in [0, 0.05) is 26.2 Å². The van der Waals surface area contributed by atoms with Gasteiger partial charge in [-0.1, -0.05) is 0 Å². The molecule has 2 rings (SSSR count). The molecule has 20 heavy (non-hydrogen) atoms. The van der Waals surface area contributed by atoms with Gasteiger partial charge in [0.15, 0.2) is 0 Å². The highest BCUT2D eigenvalue weighted by atomic mass is 19.4. The highest BCUT2D eigenvalue weighted by Gasteiger charge is 2.36. The first kappa shape index (κ1) is 14.3. The topological polar surface area (TPSA) is 87.4 Å². The van der Waals surface area contributed by atoms with Gasteiger partial charge in [-0.15, -0.1) is 0 Å². The molecular formula is C10H13F3N6O. The molecule has 110 valence electrons. The van der Waals surface area contributed by atoms with Gasteiger partial charge in [-0.25, -0.2) is 15.8 Å². The van der Waals surface area contributed by atoms with Gasteiger partial charge in [-0.2, -0.15) is 13.2 Å². The van der Waals surface area contributed by atoms with Crippen LogP contribution in [0.4, 0.5) is 24.8 Å². The quantitative estimate of drug-likeness (QED) is 0.591. The average molecular weight is 290 g/mol. The molecule has 0 bridgehead atoms. The van der Waals surface area contributed by atoms with Crippen molar-refractivity contribution < 1.29 is 18.0 Å². The van der Waals surface area contributed by atoms with Crippen molar-refractivity contribution in [3.05, 3.63) is 11.9 Å². The van der Waals surface area contributed by atoms with Gasteiger partial charge >= 0.3 is 6.18 Å². The third-order valence-electron chi connectivity index (χ3n) is 2.90. The molecule has 10 heteroatoms. The normalized spacial score (nSPS) is 16.6. The van der Waals surface area contributed by atoms with E-state index in [1.54, 1.807) is 7.05 Å². The molecule has 7 nitrogen and oxygen atoms in total. The SMILES string of the molecule is CN1CCN(c2cc(NN)nc(C(F)(F)F)n2)CC1=O. The fraction of sp³-hybridized carbons (Fsp3) is 0.500. The lowest BCUT2D eigenvalue weighted by Gasteiger charge is -2.32. The van der Waals surface area contributed by atoms with Crippen molar-refractivity contribution >= 4 is 17.5 Å². The lowest BCUT2D eigenvalue weighted by atomic mass is 10.3. The number of aromatic nitrogens is 2. The predicted molar refractivity (Wildman–Crippen MR) is 64.7 cm³/mol. The molecule has 0 aliphatic carbocycles. The molecule has 2 heterocycles. The number of nitrogens with zero attached hydrogens (tertiary/aromatic N) is 4. The van der Waals surface area contributed by atoms with E-state index in [1.807, 2.05) is 0 Å². The Hall–Kier alpha value is -2.10. The number of piperazine rings is 1. The summed E-state index contributed by atoms with van der Waals surface area (Å²) in [6.07, 6.45) is -4.68. The molecule has 0 unspecified atom stereocenters. The van der Waals surface area contributed by atoms with Crippen molar-refractivity contribution in [3.8, 4) is 0 Å². The first-order valence-corrected chi connectivity index (χ1v) is 5.73. The van der Waals surface area contributed by atoms with Crippen molar-refractivity contribution in [3.63, 3.8) is 0 Å². The first-order valence-electron chi connectivity index (χ1n) is 5.73. The van der Waals surface area contributed by atoms with E-state index in [1.165, 1.54) is 15.9 Å². The van der Waals surface area contributed by atoms with E-state index in [9.17, 15) is 18.0 Å². The fourth-order valence-corrected chi connectivity index (χ4v) is 1.75. The summed E-state index contributed by atoms with van der Waals surface area (Å²) in [7, 11) is 1.63. The first-order chi connectivity index (χ1) is 9.31. The maximum atomic E-state index is 12.7. The van der Waals surface area contributed by atoms with Crippen LogP contribution < -0.4 is 16.2 Å². The molecule has 1 aromatic rings. The number of alkyl halides is 3. The number of halogens is 3. The number of anilines is 2. The van der Waals surface area contributed by atoms with Crippen LogP contribution in [0.1, 0.15) is 5.82 Å². The number of nitrogens with two attached hydrogens (primary N) is 1. The molecule has 1 fully saturated rings. The van der Waals surface area contributed by atoms with Gasteiger partial charge in [-0.3, -0.25) is 4.79 Å². The second-order valence-corrected chi connectivity index (χ2v) is 4.31. The van der Waals surface area contributed by atoms with E-state index in [0.717, 1.165) is 0 Å². The molecule has 1 aliphatic rings. The molecule has 1 aliphatic heterocycles. The second-order valence-electron chi connectivity index (χ2n) is 4.31. The minimum absolute atomic E-state index is 0.0155. The Kier molecular flexibility index (Phi) is 3.66. The summed E-state index contributed by atoms with van der Waals surface area (Å²) in [5.74, 6) is 3.48. The summed E-state index contributed by atoms with van der Waals surface area (Å²) < 4.78 is 38.1. The zero-order chi connectivity index (χ0) is 14.9. The molecular weight excluding hydrogens is 277 g/mol. The number of carbonyl (C=O) groups excluding carboxylic acids is 1. The van der Waals surface area contributed by atoms with E-state index in [0.29, 0.717) is 13.1 Å². The average Bonchev–Trinajstić information content (AvgIpc) is 2.40. The lowest BCUT2D eigenvalue weighted by Crippen LogP contribution is -2.49. The standard InChI is InChI=1S/C10H13F3N6O/c1-18-2-3-19(5-8(18)20)7-4-6(17-14)15-9(16-7)10(11,12)13/h4H,2-3,5,14H2,1H3,(H,15,16,17). The van der Waals surface area contributed by atoms with Crippen LogP contribution in [0.15, 0.2) is 6.07 Å². The van der Waals surface area contributed by atoms with Crippen LogP contribution in [0.5, 0.6) is 0 Å². The van der Waals surface area contributed by atoms with E-state index in [4.69, 9.17) is 5.84 Å².